The van der Waals surface area contributed by atoms with Crippen LogP contribution in [0.4, 0.5) is 4.79 Å². The SMILES string of the molecule is CCCCC1=NC2(CCCN(C(=O)N3CCCC3)C2)C(=O)N1CC. The van der Waals surface area contributed by atoms with Crippen molar-refractivity contribution in [3.63, 3.8) is 0 Å². The molecule has 0 saturated carbocycles. The normalized spacial score (nSPS) is 27.3. The number of aliphatic imine (C=N–C) groups is 1. The average molecular weight is 334 g/mol. The Morgan fingerprint density at radius 1 is 1.12 bits per heavy atom. The van der Waals surface area contributed by atoms with Crippen LogP contribution < -0.4 is 0 Å². The van der Waals surface area contributed by atoms with E-state index in [-0.39, 0.29) is 11.9 Å². The second-order valence-electron chi connectivity index (χ2n) is 7.21. The zero-order chi connectivity index (χ0) is 17.2. The zero-order valence-corrected chi connectivity index (χ0v) is 15.1. The number of carbonyl (C=O) groups is 2. The smallest absolute Gasteiger partial charge is 0.320 e. The van der Waals surface area contributed by atoms with Crippen LogP contribution in [-0.4, -0.2) is 70.7 Å². The fraction of sp³-hybridized carbons (Fsp3) is 0.833. The lowest BCUT2D eigenvalue weighted by atomic mass is 9.89. The molecule has 0 aliphatic carbocycles. The van der Waals surface area contributed by atoms with Crippen molar-refractivity contribution < 1.29 is 9.59 Å². The molecule has 1 atom stereocenters. The van der Waals surface area contributed by atoms with Gasteiger partial charge in [0.2, 0.25) is 0 Å². The van der Waals surface area contributed by atoms with E-state index in [1.54, 1.807) is 0 Å². The maximum atomic E-state index is 13.0. The van der Waals surface area contributed by atoms with Crippen molar-refractivity contribution in [3.8, 4) is 0 Å². The highest BCUT2D eigenvalue weighted by Gasteiger charge is 2.50. The maximum Gasteiger partial charge on any atom is 0.320 e. The molecule has 0 aromatic heterocycles. The number of rotatable bonds is 4. The summed E-state index contributed by atoms with van der Waals surface area (Å²) < 4.78 is 0. The minimum atomic E-state index is -0.716. The monoisotopic (exact) mass is 334 g/mol. The van der Waals surface area contributed by atoms with Gasteiger partial charge in [-0.3, -0.25) is 14.7 Å². The van der Waals surface area contributed by atoms with Crippen LogP contribution in [0.1, 0.15) is 58.8 Å². The lowest BCUT2D eigenvalue weighted by molar-refractivity contribution is -0.132. The van der Waals surface area contributed by atoms with Crippen LogP contribution in [0.15, 0.2) is 4.99 Å². The van der Waals surface area contributed by atoms with E-state index in [1.165, 1.54) is 0 Å². The van der Waals surface area contributed by atoms with Crippen molar-refractivity contribution in [1.29, 1.82) is 0 Å². The number of piperidine rings is 1. The fourth-order valence-electron chi connectivity index (χ4n) is 4.15. The van der Waals surface area contributed by atoms with Crippen LogP contribution >= 0.6 is 0 Å². The summed E-state index contributed by atoms with van der Waals surface area (Å²) in [6.45, 7) is 7.73. The molecule has 24 heavy (non-hydrogen) atoms. The Kier molecular flexibility index (Phi) is 5.11. The standard InChI is InChI=1S/C18H30N4O2/c1-3-5-9-15-19-18(16(23)22(15)4-2)10-8-13-21(14-18)17(24)20-11-6-7-12-20/h3-14H2,1-2H3. The van der Waals surface area contributed by atoms with Crippen molar-refractivity contribution in [3.05, 3.63) is 0 Å². The molecule has 134 valence electrons. The van der Waals surface area contributed by atoms with E-state index in [9.17, 15) is 9.59 Å². The van der Waals surface area contributed by atoms with Gasteiger partial charge in [-0.2, -0.15) is 0 Å². The lowest BCUT2D eigenvalue weighted by Crippen LogP contribution is -2.56. The Bertz CT molecular complexity index is 527. The lowest BCUT2D eigenvalue weighted by Gasteiger charge is -2.38. The Morgan fingerprint density at radius 3 is 2.50 bits per heavy atom. The molecule has 1 unspecified atom stereocenters. The summed E-state index contributed by atoms with van der Waals surface area (Å²) in [4.78, 5) is 36.3. The van der Waals surface area contributed by atoms with Gasteiger partial charge in [0, 0.05) is 32.6 Å². The second-order valence-corrected chi connectivity index (χ2v) is 7.21. The molecule has 3 heterocycles. The molecule has 0 aromatic carbocycles. The van der Waals surface area contributed by atoms with Crippen LogP contribution in [-0.2, 0) is 4.79 Å². The van der Waals surface area contributed by atoms with Gasteiger partial charge in [0.15, 0.2) is 5.54 Å². The summed E-state index contributed by atoms with van der Waals surface area (Å²) in [6.07, 6.45) is 6.80. The van der Waals surface area contributed by atoms with E-state index in [0.717, 1.165) is 70.4 Å². The van der Waals surface area contributed by atoms with Gasteiger partial charge in [0.25, 0.3) is 5.91 Å². The predicted molar refractivity (Wildman–Crippen MR) is 94.1 cm³/mol. The third-order valence-electron chi connectivity index (χ3n) is 5.49. The Morgan fingerprint density at radius 2 is 1.83 bits per heavy atom. The first-order valence-corrected chi connectivity index (χ1v) is 9.56. The zero-order valence-electron chi connectivity index (χ0n) is 15.1. The van der Waals surface area contributed by atoms with Crippen molar-refractivity contribution in [1.82, 2.24) is 14.7 Å². The summed E-state index contributed by atoms with van der Waals surface area (Å²) in [5.41, 5.74) is -0.716. The van der Waals surface area contributed by atoms with Gasteiger partial charge in [-0.25, -0.2) is 4.79 Å². The molecular weight excluding hydrogens is 304 g/mol. The number of unbranched alkanes of at least 4 members (excludes halogenated alkanes) is 1. The Balaban J connectivity index is 1.77. The van der Waals surface area contributed by atoms with E-state index < -0.39 is 5.54 Å². The van der Waals surface area contributed by atoms with Crippen LogP contribution in [0.3, 0.4) is 0 Å². The van der Waals surface area contributed by atoms with Crippen LogP contribution in [0, 0.1) is 0 Å². The Labute approximate surface area is 144 Å². The van der Waals surface area contributed by atoms with Gasteiger partial charge >= 0.3 is 6.03 Å². The maximum absolute atomic E-state index is 13.0. The Hall–Kier alpha value is -1.59. The third kappa shape index (κ3) is 3.03. The van der Waals surface area contributed by atoms with Crippen LogP contribution in [0.2, 0.25) is 0 Å². The molecule has 0 aromatic rings. The van der Waals surface area contributed by atoms with Gasteiger partial charge < -0.3 is 9.80 Å². The number of urea groups is 1. The molecule has 0 radical (unpaired) electrons. The fourth-order valence-corrected chi connectivity index (χ4v) is 4.15. The minimum absolute atomic E-state index is 0.0969. The summed E-state index contributed by atoms with van der Waals surface area (Å²) in [7, 11) is 0. The quantitative estimate of drug-likeness (QED) is 0.793. The van der Waals surface area contributed by atoms with E-state index in [4.69, 9.17) is 4.99 Å². The van der Waals surface area contributed by atoms with E-state index in [1.807, 2.05) is 21.6 Å². The predicted octanol–water partition coefficient (Wildman–Crippen LogP) is 2.49. The van der Waals surface area contributed by atoms with E-state index in [0.29, 0.717) is 13.1 Å². The number of amidine groups is 1. The summed E-state index contributed by atoms with van der Waals surface area (Å²) >= 11 is 0. The number of nitrogens with zero attached hydrogens (tertiary/aromatic N) is 4. The molecule has 3 aliphatic rings. The number of amides is 3. The van der Waals surface area contributed by atoms with Crippen molar-refractivity contribution in [2.75, 3.05) is 32.7 Å². The largest absolute Gasteiger partial charge is 0.325 e. The first-order chi connectivity index (χ1) is 11.6. The molecule has 0 N–H and O–H groups in total. The first kappa shape index (κ1) is 17.2. The minimum Gasteiger partial charge on any atom is -0.325 e. The molecule has 3 rings (SSSR count). The van der Waals surface area contributed by atoms with Crippen molar-refractivity contribution in [2.24, 2.45) is 4.99 Å². The number of carbonyl (C=O) groups excluding carboxylic acids is 2. The number of hydrogen-bond donors (Lipinski definition) is 0. The van der Waals surface area contributed by atoms with Gasteiger partial charge in [0.05, 0.1) is 6.54 Å². The highest BCUT2D eigenvalue weighted by molar-refractivity contribution is 6.08. The molecule has 3 aliphatic heterocycles. The first-order valence-electron chi connectivity index (χ1n) is 9.56. The van der Waals surface area contributed by atoms with Crippen LogP contribution in [0.25, 0.3) is 0 Å². The number of likely N-dealkylation sites (tertiary alicyclic amines) is 2. The molecular formula is C18H30N4O2. The molecule has 6 heteroatoms. The average Bonchev–Trinajstić information content (AvgIpc) is 3.21. The van der Waals surface area contributed by atoms with E-state index >= 15 is 0 Å². The van der Waals surface area contributed by atoms with Gasteiger partial charge in [0.1, 0.15) is 5.84 Å². The number of hydrogen-bond acceptors (Lipinski definition) is 3. The molecule has 0 bridgehead atoms. The summed E-state index contributed by atoms with van der Waals surface area (Å²) in [5.74, 6) is 1.04. The highest BCUT2D eigenvalue weighted by atomic mass is 16.2. The number of likely N-dealkylation sites (N-methyl/N-ethyl adjacent to an activating group) is 1. The molecule has 2 saturated heterocycles. The van der Waals surface area contributed by atoms with Gasteiger partial charge in [-0.1, -0.05) is 13.3 Å². The topological polar surface area (TPSA) is 56.2 Å². The van der Waals surface area contributed by atoms with Gasteiger partial charge in [-0.05, 0) is 39.0 Å². The second kappa shape index (κ2) is 7.11. The summed E-state index contributed by atoms with van der Waals surface area (Å²) in [5, 5.41) is 0. The van der Waals surface area contributed by atoms with E-state index in [2.05, 4.69) is 6.92 Å². The molecule has 1 spiro atoms. The highest BCUT2D eigenvalue weighted by Crippen LogP contribution is 2.34. The molecule has 6 nitrogen and oxygen atoms in total. The third-order valence-corrected chi connectivity index (χ3v) is 5.49. The molecule has 3 amide bonds. The molecule has 2 fully saturated rings. The summed E-state index contributed by atoms with van der Waals surface area (Å²) in [6, 6.07) is 0.0969. The van der Waals surface area contributed by atoms with Crippen molar-refractivity contribution >= 4 is 17.8 Å². The van der Waals surface area contributed by atoms with Crippen molar-refractivity contribution in [2.45, 2.75) is 64.3 Å². The van der Waals surface area contributed by atoms with Gasteiger partial charge in [-0.15, -0.1) is 0 Å². The van der Waals surface area contributed by atoms with Crippen LogP contribution in [0.5, 0.6) is 0 Å².